The normalized spacial score (nSPS) is 17.7. The van der Waals surface area contributed by atoms with Crippen LogP contribution in [0.2, 0.25) is 5.02 Å². The number of nitrogens with one attached hydrogen (secondary N) is 2. The minimum absolute atomic E-state index is 0.00497. The van der Waals surface area contributed by atoms with E-state index in [4.69, 9.17) is 22.3 Å². The highest BCUT2D eigenvalue weighted by molar-refractivity contribution is 7.92. The van der Waals surface area contributed by atoms with Gasteiger partial charge in [0.15, 0.2) is 0 Å². The molecule has 0 unspecified atom stereocenters. The summed E-state index contributed by atoms with van der Waals surface area (Å²) in [5.74, 6) is -0.724. The third-order valence-corrected chi connectivity index (χ3v) is 8.85. The van der Waals surface area contributed by atoms with Crippen molar-refractivity contribution < 1.29 is 26.3 Å². The van der Waals surface area contributed by atoms with Crippen molar-refractivity contribution >= 4 is 44.3 Å². The molecule has 9 nitrogen and oxygen atoms in total. The zero-order chi connectivity index (χ0) is 30.1. The number of sulfonamides is 1. The number of alkyl halides is 3. The van der Waals surface area contributed by atoms with E-state index in [2.05, 4.69) is 24.7 Å². The average molecular weight is 621 g/mol. The van der Waals surface area contributed by atoms with Crippen molar-refractivity contribution in [1.82, 2.24) is 15.0 Å². The summed E-state index contributed by atoms with van der Waals surface area (Å²) in [7, 11) is -4.25. The Balaban J connectivity index is 1.50. The van der Waals surface area contributed by atoms with Crippen LogP contribution in [0.15, 0.2) is 59.6 Å². The summed E-state index contributed by atoms with van der Waals surface area (Å²) in [6.07, 6.45) is 0.753. The topological polar surface area (TPSA) is 132 Å². The molecule has 222 valence electrons. The minimum atomic E-state index is -5.08. The largest absolute Gasteiger partial charge is 0.574 e. The van der Waals surface area contributed by atoms with Crippen molar-refractivity contribution in [2.24, 2.45) is 5.73 Å². The molecule has 5 rings (SSSR count). The lowest BCUT2D eigenvalue weighted by atomic mass is 9.92. The van der Waals surface area contributed by atoms with Crippen LogP contribution in [-0.4, -0.2) is 41.8 Å². The molecule has 14 heteroatoms. The summed E-state index contributed by atoms with van der Waals surface area (Å²) in [6, 6.07) is 12.0. The number of ether oxygens (including phenoxy) is 1. The first-order chi connectivity index (χ1) is 19.9. The van der Waals surface area contributed by atoms with Crippen LogP contribution in [0.4, 0.5) is 24.9 Å². The predicted molar refractivity (Wildman–Crippen MR) is 155 cm³/mol. The molecule has 0 aliphatic heterocycles. The fourth-order valence-corrected chi connectivity index (χ4v) is 6.44. The van der Waals surface area contributed by atoms with Crippen LogP contribution in [0.5, 0.6) is 5.88 Å². The SMILES string of the molecule is CCc1cc(-c2ccc(NS(=O)(=O)c3ccccc3Cl)nc2OC(F)(F)F)cc2cnc(N[C@H]3CC[C@H](N)CC3)nc12. The lowest BCUT2D eigenvalue weighted by Crippen LogP contribution is -2.33. The zero-order valence-electron chi connectivity index (χ0n) is 22.5. The molecule has 0 saturated heterocycles. The zero-order valence-corrected chi connectivity index (χ0v) is 24.0. The van der Waals surface area contributed by atoms with Gasteiger partial charge < -0.3 is 15.8 Å². The van der Waals surface area contributed by atoms with E-state index in [0.29, 0.717) is 28.8 Å². The Bertz CT molecular complexity index is 1710. The summed E-state index contributed by atoms with van der Waals surface area (Å²) in [5, 5.41) is 3.93. The number of aryl methyl sites for hydroxylation is 1. The first kappa shape index (κ1) is 29.8. The third kappa shape index (κ3) is 6.85. The van der Waals surface area contributed by atoms with Gasteiger partial charge in [0.1, 0.15) is 10.7 Å². The van der Waals surface area contributed by atoms with Crippen molar-refractivity contribution in [1.29, 1.82) is 0 Å². The van der Waals surface area contributed by atoms with Crippen LogP contribution in [0.1, 0.15) is 38.2 Å². The summed E-state index contributed by atoms with van der Waals surface area (Å²) < 4.78 is 72.4. The number of hydrogen-bond acceptors (Lipinski definition) is 8. The molecule has 2 heterocycles. The van der Waals surface area contributed by atoms with Gasteiger partial charge in [-0.1, -0.05) is 30.7 Å². The van der Waals surface area contributed by atoms with Crippen LogP contribution in [0.3, 0.4) is 0 Å². The van der Waals surface area contributed by atoms with Crippen LogP contribution in [-0.2, 0) is 16.4 Å². The number of hydrogen-bond donors (Lipinski definition) is 3. The van der Waals surface area contributed by atoms with Gasteiger partial charge in [-0.25, -0.2) is 18.4 Å². The van der Waals surface area contributed by atoms with E-state index in [9.17, 15) is 21.6 Å². The number of halogens is 4. The number of nitrogens with two attached hydrogens (primary N) is 1. The van der Waals surface area contributed by atoms with Gasteiger partial charge in [0.25, 0.3) is 10.0 Å². The number of rotatable bonds is 8. The summed E-state index contributed by atoms with van der Waals surface area (Å²) >= 11 is 6.01. The Morgan fingerprint density at radius 3 is 2.50 bits per heavy atom. The molecule has 0 radical (unpaired) electrons. The highest BCUT2D eigenvalue weighted by Gasteiger charge is 2.34. The molecule has 4 aromatic rings. The van der Waals surface area contributed by atoms with Gasteiger partial charge in [-0.2, -0.15) is 4.98 Å². The van der Waals surface area contributed by atoms with Crippen LogP contribution in [0.25, 0.3) is 22.0 Å². The van der Waals surface area contributed by atoms with Crippen LogP contribution in [0, 0.1) is 0 Å². The molecular formula is C28H28ClF3N6O3S. The lowest BCUT2D eigenvalue weighted by molar-refractivity contribution is -0.275. The van der Waals surface area contributed by atoms with E-state index in [0.717, 1.165) is 31.2 Å². The molecule has 2 aromatic heterocycles. The molecule has 2 aromatic carbocycles. The molecule has 1 aliphatic rings. The quantitative estimate of drug-likeness (QED) is 0.209. The molecule has 4 N–H and O–H groups in total. The van der Waals surface area contributed by atoms with Crippen LogP contribution < -0.4 is 20.5 Å². The monoisotopic (exact) mass is 620 g/mol. The van der Waals surface area contributed by atoms with E-state index < -0.39 is 22.3 Å². The number of nitrogens with zero attached hydrogens (tertiary/aromatic N) is 3. The van der Waals surface area contributed by atoms with E-state index in [1.807, 2.05) is 6.92 Å². The second-order valence-corrected chi connectivity index (χ2v) is 12.1. The van der Waals surface area contributed by atoms with Gasteiger partial charge >= 0.3 is 6.36 Å². The summed E-state index contributed by atoms with van der Waals surface area (Å²) in [6.45, 7) is 1.91. The van der Waals surface area contributed by atoms with Crippen LogP contribution >= 0.6 is 11.6 Å². The molecule has 1 fully saturated rings. The van der Waals surface area contributed by atoms with Crippen molar-refractivity contribution in [3.05, 3.63) is 65.3 Å². The van der Waals surface area contributed by atoms with Gasteiger partial charge in [0.05, 0.1) is 10.5 Å². The Morgan fingerprint density at radius 1 is 1.07 bits per heavy atom. The first-order valence-electron chi connectivity index (χ1n) is 13.3. The number of pyridine rings is 1. The predicted octanol–water partition coefficient (Wildman–Crippen LogP) is 6.29. The molecule has 0 bridgehead atoms. The maximum Gasteiger partial charge on any atom is 0.574 e. The first-order valence-corrected chi connectivity index (χ1v) is 15.1. The van der Waals surface area contributed by atoms with E-state index >= 15 is 0 Å². The second-order valence-electron chi connectivity index (χ2n) is 10.0. The number of anilines is 2. The third-order valence-electron chi connectivity index (χ3n) is 7.00. The number of benzene rings is 2. The Kier molecular flexibility index (Phi) is 8.44. The average Bonchev–Trinajstić information content (AvgIpc) is 2.93. The van der Waals surface area contributed by atoms with E-state index in [1.54, 1.807) is 24.4 Å². The van der Waals surface area contributed by atoms with E-state index in [1.165, 1.54) is 30.3 Å². The Labute approximate surface area is 245 Å². The van der Waals surface area contributed by atoms with E-state index in [-0.39, 0.29) is 33.4 Å². The van der Waals surface area contributed by atoms with Gasteiger partial charge in [-0.3, -0.25) is 4.72 Å². The molecule has 0 spiro atoms. The van der Waals surface area contributed by atoms with Gasteiger partial charge in [0.2, 0.25) is 11.8 Å². The lowest BCUT2D eigenvalue weighted by Gasteiger charge is -2.26. The maximum absolute atomic E-state index is 13.4. The fraction of sp³-hybridized carbons (Fsp3) is 0.321. The highest BCUT2D eigenvalue weighted by atomic mass is 35.5. The minimum Gasteiger partial charge on any atom is -0.387 e. The molecule has 1 aliphatic carbocycles. The highest BCUT2D eigenvalue weighted by Crippen LogP contribution is 2.37. The number of aromatic nitrogens is 3. The Morgan fingerprint density at radius 2 is 1.81 bits per heavy atom. The molecule has 1 saturated carbocycles. The van der Waals surface area contributed by atoms with Crippen molar-refractivity contribution in [2.75, 3.05) is 10.0 Å². The number of fused-ring (bicyclic) bond motifs is 1. The standard InChI is InChI=1S/C28H28ClF3N6O3S/c1-2-16-13-17(14-18-15-34-27(37-25(16)18)35-20-9-7-19(33)8-10-20)21-11-12-24(36-26(21)41-28(30,31)32)38-42(39,40)23-6-4-3-5-22(23)29/h3-6,11-15,19-20H,2,7-10,33H2,1H3,(H,36,38)(H,34,35,37)/t19-,20-. The second kappa shape index (κ2) is 11.9. The van der Waals surface area contributed by atoms with Crippen molar-refractivity contribution in [3.63, 3.8) is 0 Å². The summed E-state index contributed by atoms with van der Waals surface area (Å²) in [5.41, 5.74) is 7.83. The van der Waals surface area contributed by atoms with Crippen molar-refractivity contribution in [2.45, 2.75) is 62.4 Å². The smallest absolute Gasteiger partial charge is 0.387 e. The molecule has 0 atom stereocenters. The van der Waals surface area contributed by atoms with Gasteiger partial charge in [0, 0.05) is 29.2 Å². The van der Waals surface area contributed by atoms with Gasteiger partial charge in [-0.15, -0.1) is 13.2 Å². The summed E-state index contributed by atoms with van der Waals surface area (Å²) in [4.78, 5) is 12.8. The maximum atomic E-state index is 13.4. The molecular weight excluding hydrogens is 593 g/mol. The molecule has 0 amide bonds. The fourth-order valence-electron chi connectivity index (χ4n) is 4.92. The Hall–Kier alpha value is -3.68. The van der Waals surface area contributed by atoms with Gasteiger partial charge in [-0.05, 0) is 79.6 Å². The molecule has 42 heavy (non-hydrogen) atoms. The van der Waals surface area contributed by atoms with Crippen molar-refractivity contribution in [3.8, 4) is 17.0 Å².